The number of alkyl halides is 3. The Morgan fingerprint density at radius 1 is 1.10 bits per heavy atom. The lowest BCUT2D eigenvalue weighted by Gasteiger charge is -2.26. The summed E-state index contributed by atoms with van der Waals surface area (Å²) >= 11 is 7.34. The summed E-state index contributed by atoms with van der Waals surface area (Å²) in [5.74, 6) is -1.17. The Hall–Kier alpha value is -2.78. The molecule has 0 radical (unpaired) electrons. The summed E-state index contributed by atoms with van der Waals surface area (Å²) in [7, 11) is 0. The van der Waals surface area contributed by atoms with Crippen LogP contribution in [0, 0.1) is 0 Å². The summed E-state index contributed by atoms with van der Waals surface area (Å²) in [5.41, 5.74) is -0.755. The first-order valence-electron chi connectivity index (χ1n) is 9.20. The van der Waals surface area contributed by atoms with Gasteiger partial charge >= 0.3 is 6.18 Å². The highest BCUT2D eigenvalue weighted by atomic mass is 35.5. The van der Waals surface area contributed by atoms with Gasteiger partial charge in [-0.05, 0) is 23.3 Å². The van der Waals surface area contributed by atoms with Crippen molar-refractivity contribution < 1.29 is 18.0 Å². The van der Waals surface area contributed by atoms with Crippen molar-refractivity contribution in [2.24, 2.45) is 0 Å². The van der Waals surface area contributed by atoms with Gasteiger partial charge in [0.05, 0.1) is 11.1 Å². The highest BCUT2D eigenvalue weighted by molar-refractivity contribution is 7.98. The third-order valence-corrected chi connectivity index (χ3v) is 6.18. The minimum atomic E-state index is -4.62. The maximum absolute atomic E-state index is 13.5. The smallest absolute Gasteiger partial charge is 0.310 e. The lowest BCUT2D eigenvalue weighted by molar-refractivity contribution is -0.138. The first-order chi connectivity index (χ1) is 14.7. The number of hydrogen-bond donors (Lipinski definition) is 2. The molecule has 1 unspecified atom stereocenters. The normalized spacial score (nSPS) is 16.0. The summed E-state index contributed by atoms with van der Waals surface area (Å²) in [6.07, 6.45) is -4.90. The molecule has 0 aliphatic carbocycles. The van der Waals surface area contributed by atoms with Crippen LogP contribution in [0.25, 0.3) is 0 Å². The molecule has 1 aliphatic heterocycles. The van der Waals surface area contributed by atoms with E-state index in [-0.39, 0.29) is 28.5 Å². The van der Waals surface area contributed by atoms with Gasteiger partial charge < -0.3 is 10.3 Å². The fourth-order valence-electron chi connectivity index (χ4n) is 3.51. The van der Waals surface area contributed by atoms with E-state index >= 15 is 0 Å². The van der Waals surface area contributed by atoms with E-state index in [2.05, 4.69) is 15.3 Å². The van der Waals surface area contributed by atoms with Crippen molar-refractivity contribution >= 4 is 35.1 Å². The Bertz CT molecular complexity index is 1210. The lowest BCUT2D eigenvalue weighted by Crippen LogP contribution is -2.32. The number of thioether (sulfide) groups is 1. The van der Waals surface area contributed by atoms with Crippen LogP contribution in [0.3, 0.4) is 0 Å². The Kier molecular flexibility index (Phi) is 5.81. The minimum Gasteiger partial charge on any atom is -0.310 e. The third kappa shape index (κ3) is 4.47. The van der Waals surface area contributed by atoms with Gasteiger partial charge in [-0.2, -0.15) is 13.2 Å². The maximum atomic E-state index is 13.5. The molecule has 3 aromatic rings. The van der Waals surface area contributed by atoms with E-state index in [1.54, 1.807) is 12.1 Å². The number of aromatic nitrogens is 2. The zero-order valence-corrected chi connectivity index (χ0v) is 17.4. The topological polar surface area (TPSA) is 74.8 Å². The summed E-state index contributed by atoms with van der Waals surface area (Å²) in [6, 6.07) is 12.1. The van der Waals surface area contributed by atoms with E-state index in [9.17, 15) is 22.8 Å². The van der Waals surface area contributed by atoms with E-state index in [0.29, 0.717) is 10.8 Å². The molecule has 0 saturated heterocycles. The number of anilines is 1. The van der Waals surface area contributed by atoms with Gasteiger partial charge in [0.25, 0.3) is 5.56 Å². The van der Waals surface area contributed by atoms with Gasteiger partial charge in [-0.3, -0.25) is 9.59 Å². The second-order valence-electron chi connectivity index (χ2n) is 6.90. The largest absolute Gasteiger partial charge is 0.416 e. The van der Waals surface area contributed by atoms with Crippen molar-refractivity contribution in [3.05, 3.63) is 86.2 Å². The van der Waals surface area contributed by atoms with E-state index in [1.165, 1.54) is 30.0 Å². The van der Waals surface area contributed by atoms with Gasteiger partial charge in [-0.1, -0.05) is 59.8 Å². The molecule has 1 aromatic heterocycles. The van der Waals surface area contributed by atoms with E-state index in [0.717, 1.165) is 11.6 Å². The molecular formula is C21H15ClF3N3O2S. The second-order valence-corrected chi connectivity index (χ2v) is 8.27. The molecule has 2 N–H and O–H groups in total. The monoisotopic (exact) mass is 465 g/mol. The molecule has 2 aromatic carbocycles. The number of rotatable bonds is 4. The number of aromatic amines is 1. The van der Waals surface area contributed by atoms with Crippen LogP contribution in [0.1, 0.15) is 34.6 Å². The number of benzene rings is 2. The predicted molar refractivity (Wildman–Crippen MR) is 112 cm³/mol. The number of halogens is 4. The molecule has 0 spiro atoms. The molecule has 160 valence electrons. The van der Waals surface area contributed by atoms with Crippen molar-refractivity contribution in [2.45, 2.75) is 29.4 Å². The fraction of sp³-hybridized carbons (Fsp3) is 0.190. The van der Waals surface area contributed by atoms with Crippen LogP contribution in [0.5, 0.6) is 0 Å². The first kappa shape index (κ1) is 21.5. The van der Waals surface area contributed by atoms with E-state index in [1.807, 2.05) is 12.1 Å². The predicted octanol–water partition coefficient (Wildman–Crippen LogP) is 5.21. The van der Waals surface area contributed by atoms with Gasteiger partial charge in [0.15, 0.2) is 5.16 Å². The van der Waals surface area contributed by atoms with E-state index < -0.39 is 29.1 Å². The zero-order chi connectivity index (χ0) is 22.2. The molecule has 10 heteroatoms. The van der Waals surface area contributed by atoms with E-state index in [4.69, 9.17) is 11.6 Å². The molecule has 5 nitrogen and oxygen atoms in total. The van der Waals surface area contributed by atoms with Crippen molar-refractivity contribution in [1.29, 1.82) is 0 Å². The Labute approximate surface area is 184 Å². The van der Waals surface area contributed by atoms with Crippen LogP contribution in [0.2, 0.25) is 5.02 Å². The molecule has 4 rings (SSSR count). The quantitative estimate of drug-likeness (QED) is 0.410. The SMILES string of the molecule is O=C1CC(c2ccccc2C(F)(F)F)c2c(nc(SCc3ccccc3Cl)[nH]c2=O)N1. The number of carbonyl (C=O) groups is 1. The van der Waals surface area contributed by atoms with Crippen LogP contribution < -0.4 is 10.9 Å². The van der Waals surface area contributed by atoms with Gasteiger partial charge in [0, 0.05) is 23.1 Å². The average molecular weight is 466 g/mol. The van der Waals surface area contributed by atoms with Crippen molar-refractivity contribution in [3.63, 3.8) is 0 Å². The number of H-pyrrole nitrogens is 1. The van der Waals surface area contributed by atoms with Crippen molar-refractivity contribution in [2.75, 3.05) is 5.32 Å². The number of nitrogens with zero attached hydrogens (tertiary/aromatic N) is 1. The van der Waals surface area contributed by atoms with Crippen molar-refractivity contribution in [3.8, 4) is 0 Å². The molecule has 0 saturated carbocycles. The summed E-state index contributed by atoms with van der Waals surface area (Å²) in [6.45, 7) is 0. The molecule has 1 amide bonds. The zero-order valence-electron chi connectivity index (χ0n) is 15.8. The average Bonchev–Trinajstić information content (AvgIpc) is 2.71. The van der Waals surface area contributed by atoms with Gasteiger partial charge in [-0.25, -0.2) is 4.98 Å². The first-order valence-corrected chi connectivity index (χ1v) is 10.6. The maximum Gasteiger partial charge on any atom is 0.416 e. The number of fused-ring (bicyclic) bond motifs is 1. The number of carbonyl (C=O) groups excluding carboxylic acids is 1. The highest BCUT2D eigenvalue weighted by Gasteiger charge is 2.39. The van der Waals surface area contributed by atoms with Gasteiger partial charge in [0.1, 0.15) is 5.82 Å². The highest BCUT2D eigenvalue weighted by Crippen LogP contribution is 2.41. The van der Waals surface area contributed by atoms with Crippen LogP contribution in [0.15, 0.2) is 58.5 Å². The van der Waals surface area contributed by atoms with Gasteiger partial charge in [0.2, 0.25) is 5.91 Å². The second kappa shape index (κ2) is 8.39. The molecular weight excluding hydrogens is 451 g/mol. The molecule has 31 heavy (non-hydrogen) atoms. The van der Waals surface area contributed by atoms with Gasteiger partial charge in [-0.15, -0.1) is 0 Å². The molecule has 0 fully saturated rings. The molecule has 0 bridgehead atoms. The van der Waals surface area contributed by atoms with Crippen LogP contribution in [-0.2, 0) is 16.7 Å². The Morgan fingerprint density at radius 2 is 1.81 bits per heavy atom. The fourth-order valence-corrected chi connectivity index (χ4v) is 4.65. The van der Waals surface area contributed by atoms with Crippen LogP contribution in [0.4, 0.5) is 19.0 Å². The van der Waals surface area contributed by atoms with Crippen molar-refractivity contribution in [1.82, 2.24) is 9.97 Å². The summed E-state index contributed by atoms with van der Waals surface area (Å²) in [5, 5.41) is 3.31. The van der Waals surface area contributed by atoms with Crippen LogP contribution in [-0.4, -0.2) is 15.9 Å². The third-order valence-electron chi connectivity index (χ3n) is 4.89. The number of hydrogen-bond acceptors (Lipinski definition) is 4. The minimum absolute atomic E-state index is 0.0124. The molecule has 2 heterocycles. The molecule has 1 aliphatic rings. The summed E-state index contributed by atoms with van der Waals surface area (Å²) < 4.78 is 40.6. The standard InChI is InChI=1S/C21H15ClF3N3O2S/c22-15-8-4-1-5-11(15)10-31-20-27-18-17(19(30)28-20)13(9-16(29)26-18)12-6-2-3-7-14(12)21(23,24)25/h1-8,13H,9-10H2,(H2,26,27,28,29,30). The Balaban J connectivity index is 1.72. The lowest BCUT2D eigenvalue weighted by atomic mass is 9.84. The number of nitrogens with one attached hydrogen (secondary N) is 2. The van der Waals surface area contributed by atoms with Crippen LogP contribution >= 0.6 is 23.4 Å². The summed E-state index contributed by atoms with van der Waals surface area (Å²) in [4.78, 5) is 32.0. The Morgan fingerprint density at radius 3 is 2.55 bits per heavy atom. The molecule has 1 atom stereocenters. The number of amides is 1.